The van der Waals surface area contributed by atoms with Crippen LogP contribution < -0.4 is 10.2 Å². The van der Waals surface area contributed by atoms with E-state index in [1.165, 1.54) is 18.4 Å². The Labute approximate surface area is 122 Å². The molecule has 0 amide bonds. The molecular formula is C16H27N3O. The quantitative estimate of drug-likeness (QED) is 0.792. The molecule has 0 aliphatic heterocycles. The molecule has 2 rings (SSSR count). The van der Waals surface area contributed by atoms with Crippen LogP contribution in [0, 0.1) is 6.92 Å². The summed E-state index contributed by atoms with van der Waals surface area (Å²) in [7, 11) is 1.75. The molecule has 1 saturated carbocycles. The first kappa shape index (κ1) is 15.3. The number of nitrogens with one attached hydrogen (secondary N) is 1. The van der Waals surface area contributed by atoms with Crippen LogP contribution in [0.2, 0.25) is 0 Å². The Morgan fingerprint density at radius 1 is 1.45 bits per heavy atom. The van der Waals surface area contributed by atoms with Crippen molar-refractivity contribution in [2.24, 2.45) is 0 Å². The highest BCUT2D eigenvalue weighted by Crippen LogP contribution is 2.21. The highest BCUT2D eigenvalue weighted by Gasteiger charge is 2.20. The average molecular weight is 277 g/mol. The predicted octanol–water partition coefficient (Wildman–Crippen LogP) is 2.50. The van der Waals surface area contributed by atoms with E-state index in [-0.39, 0.29) is 0 Å². The Kier molecular flexibility index (Phi) is 5.38. The van der Waals surface area contributed by atoms with Crippen LogP contribution in [0.25, 0.3) is 0 Å². The van der Waals surface area contributed by atoms with E-state index in [1.54, 1.807) is 7.11 Å². The molecule has 0 bridgehead atoms. The minimum atomic E-state index is 0.337. The molecule has 112 valence electrons. The zero-order chi connectivity index (χ0) is 14.5. The molecule has 0 aromatic carbocycles. The molecule has 1 unspecified atom stereocenters. The minimum absolute atomic E-state index is 0.337. The van der Waals surface area contributed by atoms with Crippen LogP contribution in [-0.2, 0) is 11.3 Å². The molecule has 4 nitrogen and oxygen atoms in total. The van der Waals surface area contributed by atoms with Gasteiger partial charge in [0.25, 0.3) is 0 Å². The van der Waals surface area contributed by atoms with Gasteiger partial charge in [0.15, 0.2) is 0 Å². The Balaban J connectivity index is 2.11. The molecule has 0 radical (unpaired) electrons. The summed E-state index contributed by atoms with van der Waals surface area (Å²) in [5.41, 5.74) is 2.40. The number of aromatic nitrogens is 1. The van der Waals surface area contributed by atoms with Gasteiger partial charge in [-0.25, -0.2) is 4.98 Å². The Hall–Kier alpha value is -1.13. The molecule has 0 saturated heterocycles. The van der Waals surface area contributed by atoms with Crippen molar-refractivity contribution in [1.82, 2.24) is 10.3 Å². The van der Waals surface area contributed by atoms with Gasteiger partial charge in [0.1, 0.15) is 5.82 Å². The molecular weight excluding hydrogens is 250 g/mol. The maximum atomic E-state index is 5.27. The van der Waals surface area contributed by atoms with Crippen molar-refractivity contribution in [3.05, 3.63) is 23.4 Å². The number of aryl methyl sites for hydroxylation is 1. The number of anilines is 1. The lowest BCUT2D eigenvalue weighted by Gasteiger charge is -2.29. The Morgan fingerprint density at radius 2 is 2.20 bits per heavy atom. The van der Waals surface area contributed by atoms with Crippen LogP contribution in [0.3, 0.4) is 0 Å². The number of likely N-dealkylation sites (N-methyl/N-ethyl adjacent to an activating group) is 1. The van der Waals surface area contributed by atoms with E-state index in [4.69, 9.17) is 9.72 Å². The fourth-order valence-corrected chi connectivity index (χ4v) is 2.55. The lowest BCUT2D eigenvalue weighted by Crippen LogP contribution is -2.37. The number of pyridine rings is 1. The molecule has 1 aromatic heterocycles. The van der Waals surface area contributed by atoms with Crippen LogP contribution in [0.4, 0.5) is 5.82 Å². The fraction of sp³-hybridized carbons (Fsp3) is 0.688. The zero-order valence-electron chi connectivity index (χ0n) is 13.1. The molecule has 1 aliphatic carbocycles. The molecule has 4 heteroatoms. The normalized spacial score (nSPS) is 16.2. The number of methoxy groups -OCH3 is 1. The summed E-state index contributed by atoms with van der Waals surface area (Å²) in [5, 5.41) is 3.57. The van der Waals surface area contributed by atoms with Gasteiger partial charge in [0, 0.05) is 31.9 Å². The molecule has 1 aromatic rings. The van der Waals surface area contributed by atoms with Crippen molar-refractivity contribution in [3.63, 3.8) is 0 Å². The van der Waals surface area contributed by atoms with E-state index in [9.17, 15) is 0 Å². The fourth-order valence-electron chi connectivity index (χ4n) is 2.55. The monoisotopic (exact) mass is 277 g/mol. The van der Waals surface area contributed by atoms with Crippen molar-refractivity contribution in [3.8, 4) is 0 Å². The van der Waals surface area contributed by atoms with E-state index < -0.39 is 0 Å². The third-order valence-electron chi connectivity index (χ3n) is 3.75. The van der Waals surface area contributed by atoms with Gasteiger partial charge in [0.2, 0.25) is 0 Å². The number of ether oxygens (including phenoxy) is 1. The van der Waals surface area contributed by atoms with Gasteiger partial charge in [-0.2, -0.15) is 0 Å². The molecule has 20 heavy (non-hydrogen) atoms. The van der Waals surface area contributed by atoms with Crippen LogP contribution in [0.5, 0.6) is 0 Å². The number of hydrogen-bond donors (Lipinski definition) is 1. The molecule has 1 N–H and O–H groups in total. The predicted molar refractivity (Wildman–Crippen MR) is 83.2 cm³/mol. The summed E-state index contributed by atoms with van der Waals surface area (Å²) in [6, 6.07) is 5.45. The first-order valence-corrected chi connectivity index (χ1v) is 7.60. The highest BCUT2D eigenvalue weighted by molar-refractivity contribution is 5.43. The average Bonchev–Trinajstić information content (AvgIpc) is 3.21. The molecule has 1 aliphatic rings. The lowest BCUT2D eigenvalue weighted by molar-refractivity contribution is 0.181. The van der Waals surface area contributed by atoms with Crippen LogP contribution in [0.15, 0.2) is 12.1 Å². The van der Waals surface area contributed by atoms with Crippen molar-refractivity contribution in [1.29, 1.82) is 0 Å². The van der Waals surface area contributed by atoms with Crippen LogP contribution in [0.1, 0.15) is 37.9 Å². The summed E-state index contributed by atoms with van der Waals surface area (Å²) < 4.78 is 5.27. The second-order valence-corrected chi connectivity index (χ2v) is 5.72. The van der Waals surface area contributed by atoms with Crippen molar-refractivity contribution in [2.45, 2.75) is 52.2 Å². The summed E-state index contributed by atoms with van der Waals surface area (Å²) in [6.45, 7) is 9.02. The standard InChI is InChI=1S/C16H27N3O/c1-5-19(13(3)11-20-4)16-9-14(8-12(2)18-16)10-17-15-6-7-15/h8-9,13,15,17H,5-7,10-11H2,1-4H3. The Bertz CT molecular complexity index is 432. The van der Waals surface area contributed by atoms with Gasteiger partial charge in [-0.15, -0.1) is 0 Å². The lowest BCUT2D eigenvalue weighted by atomic mass is 10.2. The minimum Gasteiger partial charge on any atom is -0.383 e. The Morgan fingerprint density at radius 3 is 2.80 bits per heavy atom. The third-order valence-corrected chi connectivity index (χ3v) is 3.75. The van der Waals surface area contributed by atoms with E-state index in [0.717, 1.165) is 37.3 Å². The van der Waals surface area contributed by atoms with Crippen molar-refractivity contribution >= 4 is 5.82 Å². The third kappa shape index (κ3) is 4.18. The SMILES string of the molecule is CCN(c1cc(CNC2CC2)cc(C)n1)C(C)COC. The molecule has 1 heterocycles. The first-order chi connectivity index (χ1) is 9.63. The summed E-state index contributed by atoms with van der Waals surface area (Å²) in [6.07, 6.45) is 2.64. The van der Waals surface area contributed by atoms with Gasteiger partial charge >= 0.3 is 0 Å². The number of rotatable bonds is 8. The second-order valence-electron chi connectivity index (χ2n) is 5.72. The van der Waals surface area contributed by atoms with Crippen LogP contribution >= 0.6 is 0 Å². The van der Waals surface area contributed by atoms with Gasteiger partial charge in [-0.3, -0.25) is 0 Å². The van der Waals surface area contributed by atoms with E-state index in [2.05, 4.69) is 43.1 Å². The smallest absolute Gasteiger partial charge is 0.129 e. The summed E-state index contributed by atoms with van der Waals surface area (Å²) in [4.78, 5) is 7.00. The van der Waals surface area contributed by atoms with Gasteiger partial charge in [-0.1, -0.05) is 0 Å². The van der Waals surface area contributed by atoms with Crippen molar-refractivity contribution in [2.75, 3.05) is 25.2 Å². The van der Waals surface area contributed by atoms with E-state index in [1.807, 2.05) is 0 Å². The second kappa shape index (κ2) is 7.04. The number of nitrogens with zero attached hydrogens (tertiary/aromatic N) is 2. The maximum Gasteiger partial charge on any atom is 0.129 e. The van der Waals surface area contributed by atoms with E-state index >= 15 is 0 Å². The first-order valence-electron chi connectivity index (χ1n) is 7.60. The molecule has 1 fully saturated rings. The van der Waals surface area contributed by atoms with Gasteiger partial charge in [0.05, 0.1) is 12.6 Å². The van der Waals surface area contributed by atoms with E-state index in [0.29, 0.717) is 6.04 Å². The summed E-state index contributed by atoms with van der Waals surface area (Å²) >= 11 is 0. The van der Waals surface area contributed by atoms with Gasteiger partial charge in [-0.05, 0) is 51.3 Å². The largest absolute Gasteiger partial charge is 0.383 e. The van der Waals surface area contributed by atoms with Gasteiger partial charge < -0.3 is 15.0 Å². The summed E-state index contributed by atoms with van der Waals surface area (Å²) in [5.74, 6) is 1.06. The van der Waals surface area contributed by atoms with Crippen LogP contribution in [-0.4, -0.2) is 37.3 Å². The molecule has 1 atom stereocenters. The topological polar surface area (TPSA) is 37.4 Å². The zero-order valence-corrected chi connectivity index (χ0v) is 13.1. The number of hydrogen-bond acceptors (Lipinski definition) is 4. The highest BCUT2D eigenvalue weighted by atomic mass is 16.5. The maximum absolute atomic E-state index is 5.27. The molecule has 0 spiro atoms. The van der Waals surface area contributed by atoms with Crippen molar-refractivity contribution < 1.29 is 4.74 Å².